The number of hydrogen-bond acceptors (Lipinski definition) is 4. The van der Waals surface area contributed by atoms with Crippen molar-refractivity contribution in [2.75, 3.05) is 6.54 Å². The molecule has 1 aliphatic heterocycles. The van der Waals surface area contributed by atoms with Gasteiger partial charge in [-0.15, -0.1) is 0 Å². The van der Waals surface area contributed by atoms with E-state index in [9.17, 15) is 13.2 Å². The van der Waals surface area contributed by atoms with Crippen LogP contribution in [0.3, 0.4) is 0 Å². The predicted octanol–water partition coefficient (Wildman–Crippen LogP) is 3.33. The molecule has 0 bridgehead atoms. The number of carbonyl (C=O) groups excluding carboxylic acids is 1. The summed E-state index contributed by atoms with van der Waals surface area (Å²) < 4.78 is 30.3. The van der Waals surface area contributed by atoms with Gasteiger partial charge in [0.2, 0.25) is 10.0 Å². The number of sulfonamides is 1. The van der Waals surface area contributed by atoms with Crippen LogP contribution in [0.2, 0.25) is 0 Å². The molecule has 4 rings (SSSR count). The fraction of sp³-hybridized carbons (Fsp3) is 0.360. The molecule has 1 aromatic heterocycles. The van der Waals surface area contributed by atoms with Gasteiger partial charge < -0.3 is 5.32 Å². The molecule has 8 heteroatoms. The van der Waals surface area contributed by atoms with E-state index >= 15 is 0 Å². The maximum absolute atomic E-state index is 13.6. The molecule has 7 nitrogen and oxygen atoms in total. The van der Waals surface area contributed by atoms with Gasteiger partial charge in [-0.3, -0.25) is 9.48 Å². The normalized spacial score (nSPS) is 14.2. The number of nitrogens with zero attached hydrogens (tertiary/aromatic N) is 3. The third-order valence-corrected chi connectivity index (χ3v) is 8.31. The Balaban J connectivity index is 1.61. The molecular formula is C25H30N4O3S. The van der Waals surface area contributed by atoms with Crippen LogP contribution in [-0.4, -0.2) is 35.0 Å². The van der Waals surface area contributed by atoms with Gasteiger partial charge in [0.05, 0.1) is 4.90 Å². The van der Waals surface area contributed by atoms with Crippen LogP contribution >= 0.6 is 0 Å². The summed E-state index contributed by atoms with van der Waals surface area (Å²) in [6.07, 6.45) is 0.507. The zero-order valence-corrected chi connectivity index (χ0v) is 20.6. The third kappa shape index (κ3) is 4.45. The first kappa shape index (κ1) is 23.2. The van der Waals surface area contributed by atoms with E-state index in [0.29, 0.717) is 30.0 Å². The summed E-state index contributed by atoms with van der Waals surface area (Å²) >= 11 is 0. The van der Waals surface area contributed by atoms with Crippen LogP contribution in [0, 0.1) is 27.7 Å². The van der Waals surface area contributed by atoms with Crippen molar-refractivity contribution in [2.24, 2.45) is 7.05 Å². The van der Waals surface area contributed by atoms with Gasteiger partial charge in [0.1, 0.15) is 0 Å². The Kier molecular flexibility index (Phi) is 6.16. The molecule has 0 saturated carbocycles. The minimum Gasteiger partial charge on any atom is -0.347 e. The van der Waals surface area contributed by atoms with Crippen LogP contribution in [0.1, 0.15) is 49.6 Å². The molecule has 1 N–H and O–H groups in total. The highest BCUT2D eigenvalue weighted by Gasteiger charge is 2.35. The van der Waals surface area contributed by atoms with Gasteiger partial charge >= 0.3 is 0 Å². The Morgan fingerprint density at radius 3 is 2.42 bits per heavy atom. The summed E-state index contributed by atoms with van der Waals surface area (Å²) in [6.45, 7) is 8.49. The molecular weight excluding hydrogens is 436 g/mol. The van der Waals surface area contributed by atoms with Crippen molar-refractivity contribution in [1.82, 2.24) is 19.4 Å². The number of aryl methyl sites for hydroxylation is 5. The van der Waals surface area contributed by atoms with Crippen molar-refractivity contribution in [3.63, 3.8) is 0 Å². The largest absolute Gasteiger partial charge is 0.347 e. The molecule has 2 aromatic carbocycles. The number of carbonyl (C=O) groups is 1. The fourth-order valence-electron chi connectivity index (χ4n) is 4.75. The van der Waals surface area contributed by atoms with E-state index < -0.39 is 10.0 Å². The summed E-state index contributed by atoms with van der Waals surface area (Å²) in [5, 5.41) is 7.37. The first-order valence-electron chi connectivity index (χ1n) is 11.0. The number of hydrogen-bond donors (Lipinski definition) is 1. The monoisotopic (exact) mass is 466 g/mol. The average molecular weight is 467 g/mol. The standard InChI is InChI=1S/C25H30N4O3S/c1-16-7-6-8-20(13-16)14-26-25(30)23-21-15-29(10-9-22(21)28(5)27-23)33(31,32)24-18(3)11-17(2)12-19(24)4/h6-8,11-13H,9-10,14-15H2,1-5H3,(H,26,30). The van der Waals surface area contributed by atoms with E-state index in [4.69, 9.17) is 0 Å². The average Bonchev–Trinajstić information content (AvgIpc) is 3.07. The maximum atomic E-state index is 13.6. The molecule has 0 spiro atoms. The van der Waals surface area contributed by atoms with E-state index in [2.05, 4.69) is 10.4 Å². The van der Waals surface area contributed by atoms with Gasteiger partial charge in [-0.05, 0) is 44.4 Å². The Hall–Kier alpha value is -2.97. The molecule has 1 aliphatic rings. The lowest BCUT2D eigenvalue weighted by Gasteiger charge is -2.28. The Labute approximate surface area is 195 Å². The smallest absolute Gasteiger partial charge is 0.272 e. The van der Waals surface area contributed by atoms with E-state index in [1.165, 1.54) is 4.31 Å². The topological polar surface area (TPSA) is 84.3 Å². The van der Waals surface area contributed by atoms with E-state index in [1.807, 2.05) is 64.1 Å². The first-order chi connectivity index (χ1) is 15.6. The van der Waals surface area contributed by atoms with E-state index in [1.54, 1.807) is 11.7 Å². The van der Waals surface area contributed by atoms with Crippen molar-refractivity contribution in [1.29, 1.82) is 0 Å². The van der Waals surface area contributed by atoms with Crippen LogP contribution in [0.5, 0.6) is 0 Å². The molecule has 0 fully saturated rings. The summed E-state index contributed by atoms with van der Waals surface area (Å²) in [5.41, 5.74) is 6.50. The summed E-state index contributed by atoms with van der Waals surface area (Å²) in [5.74, 6) is -0.296. The zero-order valence-electron chi connectivity index (χ0n) is 19.8. The van der Waals surface area contributed by atoms with Crippen molar-refractivity contribution < 1.29 is 13.2 Å². The summed E-state index contributed by atoms with van der Waals surface area (Å²) in [6, 6.07) is 11.7. The van der Waals surface area contributed by atoms with Crippen LogP contribution in [0.4, 0.5) is 0 Å². The molecule has 33 heavy (non-hydrogen) atoms. The molecule has 174 valence electrons. The van der Waals surface area contributed by atoms with Gasteiger partial charge in [0, 0.05) is 44.4 Å². The second-order valence-corrected chi connectivity index (χ2v) is 10.8. The number of nitrogens with one attached hydrogen (secondary N) is 1. The van der Waals surface area contributed by atoms with Gasteiger partial charge in [-0.25, -0.2) is 8.42 Å². The summed E-state index contributed by atoms with van der Waals surface area (Å²) in [7, 11) is -1.91. The van der Waals surface area contributed by atoms with Crippen LogP contribution in [0.15, 0.2) is 41.3 Å². The molecule has 0 radical (unpaired) electrons. The highest BCUT2D eigenvalue weighted by atomic mass is 32.2. The molecule has 3 aromatic rings. The zero-order chi connectivity index (χ0) is 23.9. The van der Waals surface area contributed by atoms with Gasteiger partial charge in [-0.2, -0.15) is 9.40 Å². The number of rotatable bonds is 5. The molecule has 2 heterocycles. The van der Waals surface area contributed by atoms with Gasteiger partial charge in [0.25, 0.3) is 5.91 Å². The molecule has 0 aliphatic carbocycles. The first-order valence-corrected chi connectivity index (χ1v) is 12.5. The Morgan fingerprint density at radius 2 is 1.76 bits per heavy atom. The lowest BCUT2D eigenvalue weighted by molar-refractivity contribution is 0.0943. The molecule has 0 unspecified atom stereocenters. The van der Waals surface area contributed by atoms with E-state index in [-0.39, 0.29) is 18.1 Å². The number of fused-ring (bicyclic) bond motifs is 1. The molecule has 0 atom stereocenters. The van der Waals surface area contributed by atoms with Crippen LogP contribution in [0.25, 0.3) is 0 Å². The van der Waals surface area contributed by atoms with Crippen molar-refractivity contribution >= 4 is 15.9 Å². The van der Waals surface area contributed by atoms with Crippen molar-refractivity contribution in [2.45, 2.75) is 52.1 Å². The van der Waals surface area contributed by atoms with E-state index in [0.717, 1.165) is 33.5 Å². The number of aromatic nitrogens is 2. The predicted molar refractivity (Wildman–Crippen MR) is 128 cm³/mol. The minimum absolute atomic E-state index is 0.130. The van der Waals surface area contributed by atoms with Crippen molar-refractivity contribution in [3.05, 3.63) is 81.2 Å². The third-order valence-electron chi connectivity index (χ3n) is 6.16. The Morgan fingerprint density at radius 1 is 1.06 bits per heavy atom. The van der Waals surface area contributed by atoms with Gasteiger partial charge in [-0.1, -0.05) is 47.5 Å². The molecule has 1 amide bonds. The fourth-order valence-corrected chi connectivity index (χ4v) is 6.57. The highest BCUT2D eigenvalue weighted by Crippen LogP contribution is 2.30. The lowest BCUT2D eigenvalue weighted by Crippen LogP contribution is -2.37. The lowest BCUT2D eigenvalue weighted by atomic mass is 10.1. The van der Waals surface area contributed by atoms with Crippen LogP contribution < -0.4 is 5.32 Å². The van der Waals surface area contributed by atoms with Gasteiger partial charge in [0.15, 0.2) is 5.69 Å². The molecule has 0 saturated heterocycles. The SMILES string of the molecule is Cc1cccc(CNC(=O)c2nn(C)c3c2CN(S(=O)(=O)c2c(C)cc(C)cc2C)CC3)c1. The second kappa shape index (κ2) is 8.76. The minimum atomic E-state index is -3.71. The Bertz CT molecular complexity index is 1320. The van der Waals surface area contributed by atoms with Crippen molar-refractivity contribution in [3.8, 4) is 0 Å². The van der Waals surface area contributed by atoms with Crippen LogP contribution in [-0.2, 0) is 36.6 Å². The summed E-state index contributed by atoms with van der Waals surface area (Å²) in [4.78, 5) is 13.4. The number of benzene rings is 2. The quantitative estimate of drug-likeness (QED) is 0.625. The number of amides is 1. The highest BCUT2D eigenvalue weighted by molar-refractivity contribution is 7.89. The maximum Gasteiger partial charge on any atom is 0.272 e. The second-order valence-electron chi connectivity index (χ2n) is 8.89.